The van der Waals surface area contributed by atoms with Gasteiger partial charge in [-0.1, -0.05) is 30.3 Å². The van der Waals surface area contributed by atoms with Gasteiger partial charge < -0.3 is 14.7 Å². The summed E-state index contributed by atoms with van der Waals surface area (Å²) >= 11 is 0. The average molecular weight is 223 g/mol. The SMILES string of the molecule is COCC(=O)N(CCO)Cc1ccccc1. The van der Waals surface area contributed by atoms with Gasteiger partial charge in [-0.3, -0.25) is 4.79 Å². The molecule has 16 heavy (non-hydrogen) atoms. The van der Waals surface area contributed by atoms with Crippen LogP contribution in [-0.4, -0.2) is 42.8 Å². The second kappa shape index (κ2) is 6.98. The van der Waals surface area contributed by atoms with Crippen molar-refractivity contribution in [2.75, 3.05) is 26.9 Å². The summed E-state index contributed by atoms with van der Waals surface area (Å²) in [5.41, 5.74) is 1.04. The molecule has 0 bridgehead atoms. The number of rotatable bonds is 6. The number of hydrogen-bond acceptors (Lipinski definition) is 3. The van der Waals surface area contributed by atoms with E-state index in [9.17, 15) is 4.79 Å². The number of hydrogen-bond donors (Lipinski definition) is 1. The Morgan fingerprint density at radius 2 is 2.06 bits per heavy atom. The molecule has 1 amide bonds. The molecule has 0 saturated heterocycles. The molecule has 4 nitrogen and oxygen atoms in total. The van der Waals surface area contributed by atoms with Gasteiger partial charge in [0.05, 0.1) is 6.61 Å². The topological polar surface area (TPSA) is 49.8 Å². The average Bonchev–Trinajstić information content (AvgIpc) is 2.30. The predicted molar refractivity (Wildman–Crippen MR) is 60.8 cm³/mol. The van der Waals surface area contributed by atoms with Crippen molar-refractivity contribution in [1.29, 1.82) is 0 Å². The van der Waals surface area contributed by atoms with Gasteiger partial charge in [0.25, 0.3) is 0 Å². The molecule has 1 N–H and O–H groups in total. The number of nitrogens with zero attached hydrogens (tertiary/aromatic N) is 1. The number of amides is 1. The number of benzene rings is 1. The molecular formula is C12H17NO3. The molecule has 0 aliphatic carbocycles. The van der Waals surface area contributed by atoms with Gasteiger partial charge in [0.15, 0.2) is 0 Å². The van der Waals surface area contributed by atoms with Crippen LogP contribution >= 0.6 is 0 Å². The smallest absolute Gasteiger partial charge is 0.248 e. The van der Waals surface area contributed by atoms with Gasteiger partial charge in [-0.2, -0.15) is 0 Å². The van der Waals surface area contributed by atoms with Crippen molar-refractivity contribution < 1.29 is 14.6 Å². The third kappa shape index (κ3) is 4.00. The van der Waals surface area contributed by atoms with Crippen molar-refractivity contribution in [2.45, 2.75) is 6.54 Å². The first-order valence-electron chi connectivity index (χ1n) is 5.19. The molecule has 0 atom stereocenters. The van der Waals surface area contributed by atoms with Gasteiger partial charge in [0.2, 0.25) is 5.91 Å². The van der Waals surface area contributed by atoms with E-state index >= 15 is 0 Å². The van der Waals surface area contributed by atoms with Gasteiger partial charge in [-0.05, 0) is 5.56 Å². The molecular weight excluding hydrogens is 206 g/mol. The van der Waals surface area contributed by atoms with Crippen molar-refractivity contribution in [3.63, 3.8) is 0 Å². The van der Waals surface area contributed by atoms with E-state index in [0.717, 1.165) is 5.56 Å². The Labute approximate surface area is 95.5 Å². The summed E-state index contributed by atoms with van der Waals surface area (Å²) in [6.07, 6.45) is 0. The molecule has 0 spiro atoms. The second-order valence-electron chi connectivity index (χ2n) is 3.46. The first kappa shape index (κ1) is 12.7. The Morgan fingerprint density at radius 1 is 1.38 bits per heavy atom. The van der Waals surface area contributed by atoms with Crippen LogP contribution in [0.3, 0.4) is 0 Å². The zero-order valence-electron chi connectivity index (χ0n) is 9.43. The lowest BCUT2D eigenvalue weighted by atomic mass is 10.2. The maximum atomic E-state index is 11.6. The molecule has 1 rings (SSSR count). The summed E-state index contributed by atoms with van der Waals surface area (Å²) in [4.78, 5) is 13.2. The van der Waals surface area contributed by atoms with Crippen molar-refractivity contribution in [3.8, 4) is 0 Å². The zero-order chi connectivity index (χ0) is 11.8. The normalized spacial score (nSPS) is 10.1. The van der Waals surface area contributed by atoms with E-state index in [-0.39, 0.29) is 19.1 Å². The van der Waals surface area contributed by atoms with Gasteiger partial charge in [-0.25, -0.2) is 0 Å². The molecule has 0 fully saturated rings. The zero-order valence-corrected chi connectivity index (χ0v) is 9.43. The summed E-state index contributed by atoms with van der Waals surface area (Å²) in [5, 5.41) is 8.90. The third-order valence-corrected chi connectivity index (χ3v) is 2.21. The fourth-order valence-corrected chi connectivity index (χ4v) is 1.43. The van der Waals surface area contributed by atoms with Crippen molar-refractivity contribution in [2.24, 2.45) is 0 Å². The summed E-state index contributed by atoms with van der Waals surface area (Å²) < 4.78 is 4.80. The van der Waals surface area contributed by atoms with Crippen molar-refractivity contribution in [1.82, 2.24) is 4.90 Å². The molecule has 88 valence electrons. The lowest BCUT2D eigenvalue weighted by Crippen LogP contribution is -2.35. The third-order valence-electron chi connectivity index (χ3n) is 2.21. The van der Waals surface area contributed by atoms with Crippen LogP contribution in [0.15, 0.2) is 30.3 Å². The molecule has 0 saturated carbocycles. The highest BCUT2D eigenvalue weighted by Crippen LogP contribution is 2.04. The minimum atomic E-state index is -0.111. The Morgan fingerprint density at radius 3 is 2.62 bits per heavy atom. The fraction of sp³-hybridized carbons (Fsp3) is 0.417. The molecule has 0 aliphatic rings. The largest absolute Gasteiger partial charge is 0.395 e. The van der Waals surface area contributed by atoms with Crippen LogP contribution in [0.4, 0.5) is 0 Å². The van der Waals surface area contributed by atoms with Crippen LogP contribution in [-0.2, 0) is 16.1 Å². The number of methoxy groups -OCH3 is 1. The minimum Gasteiger partial charge on any atom is -0.395 e. The van der Waals surface area contributed by atoms with E-state index in [4.69, 9.17) is 9.84 Å². The van der Waals surface area contributed by atoms with Crippen LogP contribution in [0.5, 0.6) is 0 Å². The maximum absolute atomic E-state index is 11.6. The highest BCUT2D eigenvalue weighted by atomic mass is 16.5. The van der Waals surface area contributed by atoms with Crippen LogP contribution in [0, 0.1) is 0 Å². The Bertz CT molecular complexity index is 313. The molecule has 4 heteroatoms. The van der Waals surface area contributed by atoms with Crippen LogP contribution in [0.2, 0.25) is 0 Å². The molecule has 0 heterocycles. The Hall–Kier alpha value is -1.39. The molecule has 1 aromatic carbocycles. The number of carbonyl (C=O) groups excluding carboxylic acids is 1. The van der Waals surface area contributed by atoms with E-state index < -0.39 is 0 Å². The lowest BCUT2D eigenvalue weighted by molar-refractivity contribution is -0.136. The van der Waals surface area contributed by atoms with Crippen LogP contribution < -0.4 is 0 Å². The first-order valence-corrected chi connectivity index (χ1v) is 5.19. The standard InChI is InChI=1S/C12H17NO3/c1-16-10-12(15)13(7-8-14)9-11-5-3-2-4-6-11/h2-6,14H,7-10H2,1H3. The van der Waals surface area contributed by atoms with Gasteiger partial charge in [0.1, 0.15) is 6.61 Å². The van der Waals surface area contributed by atoms with E-state index in [2.05, 4.69) is 0 Å². The number of aliphatic hydroxyl groups excluding tert-OH is 1. The highest BCUT2D eigenvalue weighted by Gasteiger charge is 2.12. The summed E-state index contributed by atoms with van der Waals surface area (Å²) in [6, 6.07) is 9.67. The summed E-state index contributed by atoms with van der Waals surface area (Å²) in [7, 11) is 1.48. The van der Waals surface area contributed by atoms with Gasteiger partial charge in [-0.15, -0.1) is 0 Å². The monoisotopic (exact) mass is 223 g/mol. The molecule has 0 aromatic heterocycles. The van der Waals surface area contributed by atoms with E-state index in [1.54, 1.807) is 4.90 Å². The number of carbonyl (C=O) groups is 1. The van der Waals surface area contributed by atoms with E-state index in [1.165, 1.54) is 7.11 Å². The second-order valence-corrected chi connectivity index (χ2v) is 3.46. The molecule has 0 unspecified atom stereocenters. The van der Waals surface area contributed by atoms with Crippen molar-refractivity contribution in [3.05, 3.63) is 35.9 Å². The highest BCUT2D eigenvalue weighted by molar-refractivity contribution is 5.77. The van der Waals surface area contributed by atoms with Crippen molar-refractivity contribution >= 4 is 5.91 Å². The summed E-state index contributed by atoms with van der Waals surface area (Å²) in [6.45, 7) is 0.843. The Kier molecular flexibility index (Phi) is 5.53. The van der Waals surface area contributed by atoms with E-state index in [1.807, 2.05) is 30.3 Å². The minimum absolute atomic E-state index is 0.0394. The quantitative estimate of drug-likeness (QED) is 0.770. The predicted octanol–water partition coefficient (Wildman–Crippen LogP) is 0.654. The lowest BCUT2D eigenvalue weighted by Gasteiger charge is -2.21. The Balaban J connectivity index is 2.60. The van der Waals surface area contributed by atoms with Crippen LogP contribution in [0.25, 0.3) is 0 Å². The molecule has 1 aromatic rings. The maximum Gasteiger partial charge on any atom is 0.248 e. The first-order chi connectivity index (χ1) is 7.77. The van der Waals surface area contributed by atoms with Gasteiger partial charge in [0, 0.05) is 20.2 Å². The van der Waals surface area contributed by atoms with E-state index in [0.29, 0.717) is 13.1 Å². The molecule has 0 radical (unpaired) electrons. The number of ether oxygens (including phenoxy) is 1. The van der Waals surface area contributed by atoms with Crippen LogP contribution in [0.1, 0.15) is 5.56 Å². The molecule has 0 aliphatic heterocycles. The summed E-state index contributed by atoms with van der Waals surface area (Å²) in [5.74, 6) is -0.111. The fourth-order valence-electron chi connectivity index (χ4n) is 1.43. The van der Waals surface area contributed by atoms with Gasteiger partial charge >= 0.3 is 0 Å². The number of aliphatic hydroxyl groups is 1.